The first-order valence-electron chi connectivity index (χ1n) is 3.14. The number of fused-ring (bicyclic) bond motifs is 1. The van der Waals surface area contributed by atoms with Gasteiger partial charge in [0.2, 0.25) is 0 Å². The third-order valence-electron chi connectivity index (χ3n) is 1.55. The Labute approximate surface area is 91.0 Å². The van der Waals surface area contributed by atoms with Gasteiger partial charge in [0.15, 0.2) is 0 Å². The number of benzene rings is 1. The fourth-order valence-corrected chi connectivity index (χ4v) is 1.03. The molecule has 0 spiro atoms. The molecular weight excluding hydrogens is 167 g/mol. The van der Waals surface area contributed by atoms with E-state index in [-0.39, 0.29) is 29.6 Å². The van der Waals surface area contributed by atoms with Gasteiger partial charge in [0.05, 0.1) is 11.1 Å². The van der Waals surface area contributed by atoms with Crippen LogP contribution in [0.4, 0.5) is 0 Å². The second-order valence-corrected chi connectivity index (χ2v) is 2.22. The van der Waals surface area contributed by atoms with Crippen LogP contribution in [0.2, 0.25) is 0 Å². The van der Waals surface area contributed by atoms with Crippen LogP contribution in [0.5, 0.6) is 0 Å². The van der Waals surface area contributed by atoms with E-state index in [4.69, 9.17) is 0 Å². The van der Waals surface area contributed by atoms with Crippen molar-refractivity contribution in [3.05, 3.63) is 35.4 Å². The van der Waals surface area contributed by atoms with E-state index in [2.05, 4.69) is 4.74 Å². The van der Waals surface area contributed by atoms with Crippen LogP contribution in [0.3, 0.4) is 0 Å². The van der Waals surface area contributed by atoms with E-state index in [1.807, 2.05) is 0 Å². The van der Waals surface area contributed by atoms with Crippen LogP contribution < -0.4 is 0 Å². The van der Waals surface area contributed by atoms with Gasteiger partial charge >= 0.3 is 41.5 Å². The molecule has 3 nitrogen and oxygen atoms in total. The van der Waals surface area contributed by atoms with E-state index in [9.17, 15) is 9.59 Å². The molecule has 1 aromatic rings. The number of carbonyl (C=O) groups is 2. The van der Waals surface area contributed by atoms with Crippen molar-refractivity contribution >= 4 is 41.5 Å². The molecule has 56 valence electrons. The van der Waals surface area contributed by atoms with Gasteiger partial charge in [0.25, 0.3) is 0 Å². The standard InChI is InChI=1S/C8H4O3.Na.H/c9-7-5-3-1-2-4-6(5)8(10)11-7;;/h1-4H;;. The molecule has 4 heteroatoms. The number of hydrogen-bond donors (Lipinski definition) is 0. The average Bonchev–Trinajstić information content (AvgIpc) is 2.30. The molecule has 0 aromatic heterocycles. The summed E-state index contributed by atoms with van der Waals surface area (Å²) in [4.78, 5) is 21.7. The van der Waals surface area contributed by atoms with Gasteiger partial charge in [-0.3, -0.25) is 0 Å². The Morgan fingerprint density at radius 1 is 0.917 bits per heavy atom. The van der Waals surface area contributed by atoms with E-state index in [1.54, 1.807) is 24.3 Å². The molecule has 2 rings (SSSR count). The fraction of sp³-hybridized carbons (Fsp3) is 0. The van der Waals surface area contributed by atoms with Crippen LogP contribution in [0.25, 0.3) is 0 Å². The summed E-state index contributed by atoms with van der Waals surface area (Å²) in [6.07, 6.45) is 0. The number of hydrogen-bond acceptors (Lipinski definition) is 3. The second kappa shape index (κ2) is 3.39. The van der Waals surface area contributed by atoms with E-state index >= 15 is 0 Å². The predicted octanol–water partition coefficient (Wildman–Crippen LogP) is 0.349. The monoisotopic (exact) mass is 172 g/mol. The predicted molar refractivity (Wildman–Crippen MR) is 43.3 cm³/mol. The van der Waals surface area contributed by atoms with Gasteiger partial charge in [-0.05, 0) is 12.1 Å². The first kappa shape index (κ1) is 9.45. The summed E-state index contributed by atoms with van der Waals surface area (Å²) in [5.41, 5.74) is 0.718. The Balaban J connectivity index is 0.000000720. The first-order chi connectivity index (χ1) is 5.29. The Morgan fingerprint density at radius 2 is 1.33 bits per heavy atom. The number of carbonyl (C=O) groups excluding carboxylic acids is 2. The molecule has 0 fully saturated rings. The molecule has 0 bridgehead atoms. The van der Waals surface area contributed by atoms with Crippen molar-refractivity contribution in [1.29, 1.82) is 0 Å². The van der Waals surface area contributed by atoms with Gasteiger partial charge in [-0.1, -0.05) is 12.1 Å². The maximum absolute atomic E-state index is 10.8. The molecule has 1 aliphatic rings. The van der Waals surface area contributed by atoms with Crippen molar-refractivity contribution in [3.8, 4) is 0 Å². The van der Waals surface area contributed by atoms with Crippen molar-refractivity contribution in [2.45, 2.75) is 0 Å². The molecule has 0 N–H and O–H groups in total. The molecular formula is C8H5NaO3. The van der Waals surface area contributed by atoms with Crippen LogP contribution in [0.1, 0.15) is 20.7 Å². The maximum atomic E-state index is 10.8. The molecule has 0 saturated carbocycles. The Hall–Kier alpha value is -0.640. The summed E-state index contributed by atoms with van der Waals surface area (Å²) in [6.45, 7) is 0. The quantitative estimate of drug-likeness (QED) is 0.322. The van der Waals surface area contributed by atoms with Crippen molar-refractivity contribution in [2.75, 3.05) is 0 Å². The number of rotatable bonds is 0. The van der Waals surface area contributed by atoms with Gasteiger partial charge in [-0.2, -0.15) is 0 Å². The number of cyclic esters (lactones) is 2. The SMILES string of the molecule is O=C1OC(=O)c2ccccc21.[NaH]. The Bertz CT molecular complexity index is 313. The van der Waals surface area contributed by atoms with E-state index < -0.39 is 11.9 Å². The van der Waals surface area contributed by atoms with Crippen molar-refractivity contribution in [3.63, 3.8) is 0 Å². The molecule has 0 unspecified atom stereocenters. The van der Waals surface area contributed by atoms with Crippen LogP contribution in [-0.4, -0.2) is 41.5 Å². The zero-order chi connectivity index (χ0) is 7.84. The average molecular weight is 172 g/mol. The minimum absolute atomic E-state index is 0. The molecule has 0 amide bonds. The molecule has 0 saturated heterocycles. The van der Waals surface area contributed by atoms with Gasteiger partial charge in [0.1, 0.15) is 0 Å². The molecule has 0 atom stereocenters. The van der Waals surface area contributed by atoms with Crippen molar-refractivity contribution in [2.24, 2.45) is 0 Å². The molecule has 12 heavy (non-hydrogen) atoms. The van der Waals surface area contributed by atoms with Gasteiger partial charge in [0, 0.05) is 0 Å². The van der Waals surface area contributed by atoms with Crippen LogP contribution in [0.15, 0.2) is 24.3 Å². The van der Waals surface area contributed by atoms with Gasteiger partial charge in [-0.15, -0.1) is 0 Å². The summed E-state index contributed by atoms with van der Waals surface area (Å²) >= 11 is 0. The third-order valence-corrected chi connectivity index (χ3v) is 1.55. The fourth-order valence-electron chi connectivity index (χ4n) is 1.03. The molecule has 1 aliphatic heterocycles. The summed E-state index contributed by atoms with van der Waals surface area (Å²) < 4.78 is 4.35. The van der Waals surface area contributed by atoms with Crippen molar-refractivity contribution in [1.82, 2.24) is 0 Å². The number of ether oxygens (including phenoxy) is 1. The normalized spacial score (nSPS) is 13.3. The summed E-state index contributed by atoms with van der Waals surface area (Å²) in [7, 11) is 0. The second-order valence-electron chi connectivity index (χ2n) is 2.22. The van der Waals surface area contributed by atoms with E-state index in [0.29, 0.717) is 11.1 Å². The van der Waals surface area contributed by atoms with Crippen molar-refractivity contribution < 1.29 is 14.3 Å². The van der Waals surface area contributed by atoms with Crippen LogP contribution >= 0.6 is 0 Å². The third kappa shape index (κ3) is 1.31. The molecule has 1 aromatic carbocycles. The molecule has 1 heterocycles. The Kier molecular flexibility index (Phi) is 2.67. The zero-order valence-electron chi connectivity index (χ0n) is 5.53. The molecule has 0 radical (unpaired) electrons. The van der Waals surface area contributed by atoms with Gasteiger partial charge < -0.3 is 4.74 Å². The topological polar surface area (TPSA) is 43.4 Å². The minimum atomic E-state index is -0.550. The van der Waals surface area contributed by atoms with Gasteiger partial charge in [-0.25, -0.2) is 9.59 Å². The number of esters is 2. The van der Waals surface area contributed by atoms with E-state index in [0.717, 1.165) is 0 Å². The summed E-state index contributed by atoms with van der Waals surface area (Å²) in [5.74, 6) is -1.10. The molecule has 0 aliphatic carbocycles. The summed E-state index contributed by atoms with van der Waals surface area (Å²) in [5, 5.41) is 0. The first-order valence-corrected chi connectivity index (χ1v) is 3.14. The van der Waals surface area contributed by atoms with Crippen LogP contribution in [0, 0.1) is 0 Å². The summed E-state index contributed by atoms with van der Waals surface area (Å²) in [6, 6.07) is 6.53. The Morgan fingerprint density at radius 3 is 1.75 bits per heavy atom. The zero-order valence-corrected chi connectivity index (χ0v) is 5.53. The van der Waals surface area contributed by atoms with E-state index in [1.165, 1.54) is 0 Å². The van der Waals surface area contributed by atoms with Crippen LogP contribution in [-0.2, 0) is 4.74 Å².